The van der Waals surface area contributed by atoms with Crippen LogP contribution in [0.15, 0.2) is 5.16 Å². The van der Waals surface area contributed by atoms with Gasteiger partial charge in [0.05, 0.1) is 5.75 Å². The van der Waals surface area contributed by atoms with Crippen molar-refractivity contribution in [2.45, 2.75) is 19.4 Å². The van der Waals surface area contributed by atoms with E-state index in [1.54, 1.807) is 7.05 Å². The number of sulfone groups is 1. The van der Waals surface area contributed by atoms with Crippen LogP contribution in [-0.4, -0.2) is 56.0 Å². The van der Waals surface area contributed by atoms with Crippen LogP contribution in [-0.2, 0) is 9.84 Å². The molecule has 0 aromatic carbocycles. The van der Waals surface area contributed by atoms with E-state index in [2.05, 4.69) is 5.16 Å². The third-order valence-electron chi connectivity index (χ3n) is 2.20. The molecule has 0 aliphatic heterocycles. The number of hydrogen-bond donors (Lipinski definition) is 2. The average Bonchev–Trinajstić information content (AvgIpc) is 2.12. The van der Waals surface area contributed by atoms with E-state index in [4.69, 9.17) is 10.9 Å². The first-order valence-corrected chi connectivity index (χ1v) is 6.66. The van der Waals surface area contributed by atoms with Gasteiger partial charge in [-0.2, -0.15) is 0 Å². The van der Waals surface area contributed by atoms with E-state index in [9.17, 15) is 8.42 Å². The van der Waals surface area contributed by atoms with E-state index >= 15 is 0 Å². The number of rotatable bonds is 6. The summed E-state index contributed by atoms with van der Waals surface area (Å²) in [6.07, 6.45) is 1.62. The second kappa shape index (κ2) is 5.92. The molecular weight excluding hydrogens is 218 g/mol. The Labute approximate surface area is 90.7 Å². The molecule has 0 aromatic heterocycles. The van der Waals surface area contributed by atoms with Gasteiger partial charge in [-0.05, 0) is 14.0 Å². The zero-order valence-corrected chi connectivity index (χ0v) is 10.2. The van der Waals surface area contributed by atoms with Gasteiger partial charge in [-0.1, -0.05) is 5.16 Å². The number of amidine groups is 1. The van der Waals surface area contributed by atoms with Crippen molar-refractivity contribution >= 4 is 15.7 Å². The fourth-order valence-electron chi connectivity index (χ4n) is 1.03. The molecule has 0 amide bonds. The van der Waals surface area contributed by atoms with Gasteiger partial charge in [0.25, 0.3) is 0 Å². The fraction of sp³-hybridized carbons (Fsp3) is 0.875. The summed E-state index contributed by atoms with van der Waals surface area (Å²) in [5.41, 5.74) is 5.35. The van der Waals surface area contributed by atoms with E-state index in [1.165, 1.54) is 6.26 Å². The topological polar surface area (TPSA) is 96.0 Å². The van der Waals surface area contributed by atoms with Crippen LogP contribution in [0.2, 0.25) is 0 Å². The molecule has 0 radical (unpaired) electrons. The summed E-state index contributed by atoms with van der Waals surface area (Å²) < 4.78 is 21.8. The fourth-order valence-corrected chi connectivity index (χ4v) is 1.65. The second-order valence-electron chi connectivity index (χ2n) is 3.75. The van der Waals surface area contributed by atoms with Gasteiger partial charge in [-0.3, -0.25) is 0 Å². The molecule has 3 N–H and O–H groups in total. The van der Waals surface area contributed by atoms with Gasteiger partial charge in [0.1, 0.15) is 15.7 Å². The van der Waals surface area contributed by atoms with Gasteiger partial charge >= 0.3 is 0 Å². The average molecular weight is 237 g/mol. The quantitative estimate of drug-likeness (QED) is 0.281. The van der Waals surface area contributed by atoms with Crippen LogP contribution < -0.4 is 5.73 Å². The maximum absolute atomic E-state index is 10.9. The molecule has 0 aromatic rings. The zero-order valence-electron chi connectivity index (χ0n) is 9.34. The van der Waals surface area contributed by atoms with E-state index in [0.29, 0.717) is 13.0 Å². The van der Waals surface area contributed by atoms with Crippen molar-refractivity contribution in [2.75, 3.05) is 25.6 Å². The first-order chi connectivity index (χ1) is 6.76. The molecule has 0 aliphatic carbocycles. The Balaban J connectivity index is 4.05. The molecule has 0 fully saturated rings. The van der Waals surface area contributed by atoms with E-state index in [-0.39, 0.29) is 17.6 Å². The highest BCUT2D eigenvalue weighted by Crippen LogP contribution is 2.01. The monoisotopic (exact) mass is 237 g/mol. The predicted octanol–water partition coefficient (Wildman–Crippen LogP) is -0.512. The molecule has 0 rings (SSSR count). The van der Waals surface area contributed by atoms with Crippen LogP contribution in [0.1, 0.15) is 13.3 Å². The van der Waals surface area contributed by atoms with Crippen LogP contribution in [0.5, 0.6) is 0 Å². The van der Waals surface area contributed by atoms with Crippen molar-refractivity contribution < 1.29 is 13.6 Å². The largest absolute Gasteiger partial charge is 0.409 e. The highest BCUT2D eigenvalue weighted by atomic mass is 32.2. The van der Waals surface area contributed by atoms with Crippen LogP contribution in [0.4, 0.5) is 0 Å². The summed E-state index contributed by atoms with van der Waals surface area (Å²) in [4.78, 5) is 1.86. The van der Waals surface area contributed by atoms with Crippen molar-refractivity contribution in [1.29, 1.82) is 0 Å². The molecule has 0 heterocycles. The Morgan fingerprint density at radius 1 is 1.60 bits per heavy atom. The normalized spacial score (nSPS) is 15.6. The third-order valence-corrected chi connectivity index (χ3v) is 3.12. The SMILES string of the molecule is CC(CC(N)=NO)N(C)CCS(C)(=O)=O. The summed E-state index contributed by atoms with van der Waals surface area (Å²) in [6.45, 7) is 2.33. The van der Waals surface area contributed by atoms with Crippen LogP contribution in [0.3, 0.4) is 0 Å². The van der Waals surface area contributed by atoms with Gasteiger partial charge in [-0.15, -0.1) is 0 Å². The number of oxime groups is 1. The van der Waals surface area contributed by atoms with Crippen molar-refractivity contribution in [1.82, 2.24) is 4.90 Å². The maximum atomic E-state index is 10.9. The molecule has 0 saturated heterocycles. The van der Waals surface area contributed by atoms with Gasteiger partial charge in [0.15, 0.2) is 0 Å². The third kappa shape index (κ3) is 7.15. The lowest BCUT2D eigenvalue weighted by Gasteiger charge is -2.23. The molecular formula is C8H19N3O3S. The molecule has 0 bridgehead atoms. The molecule has 1 atom stereocenters. The highest BCUT2D eigenvalue weighted by molar-refractivity contribution is 7.90. The van der Waals surface area contributed by atoms with Crippen molar-refractivity contribution in [3.63, 3.8) is 0 Å². The molecule has 7 heteroatoms. The summed E-state index contributed by atoms with van der Waals surface area (Å²) >= 11 is 0. The summed E-state index contributed by atoms with van der Waals surface area (Å²) in [6, 6.07) is 0.0441. The van der Waals surface area contributed by atoms with Gasteiger partial charge < -0.3 is 15.8 Å². The second-order valence-corrected chi connectivity index (χ2v) is 6.01. The molecule has 90 valence electrons. The van der Waals surface area contributed by atoms with Crippen LogP contribution in [0.25, 0.3) is 0 Å². The van der Waals surface area contributed by atoms with Crippen molar-refractivity contribution in [3.05, 3.63) is 0 Å². The molecule has 15 heavy (non-hydrogen) atoms. The number of hydrogen-bond acceptors (Lipinski definition) is 5. The lowest BCUT2D eigenvalue weighted by Crippen LogP contribution is -2.36. The number of nitrogens with zero attached hydrogens (tertiary/aromatic N) is 2. The summed E-state index contributed by atoms with van der Waals surface area (Å²) in [7, 11) is -1.13. The number of nitrogens with two attached hydrogens (primary N) is 1. The Kier molecular flexibility index (Phi) is 5.59. The molecule has 0 aliphatic rings. The minimum absolute atomic E-state index is 0.0441. The smallest absolute Gasteiger partial charge is 0.148 e. The lowest BCUT2D eigenvalue weighted by atomic mass is 10.2. The van der Waals surface area contributed by atoms with Gasteiger partial charge in [0, 0.05) is 25.3 Å². The lowest BCUT2D eigenvalue weighted by molar-refractivity contribution is 0.271. The summed E-state index contributed by atoms with van der Waals surface area (Å²) in [5.74, 6) is 0.262. The van der Waals surface area contributed by atoms with Crippen molar-refractivity contribution in [3.8, 4) is 0 Å². The minimum atomic E-state index is -2.94. The Bertz CT molecular complexity index is 313. The zero-order chi connectivity index (χ0) is 12.1. The standard InChI is InChI=1S/C8H19N3O3S/c1-7(6-8(9)10-12)11(2)4-5-15(3,13)14/h7,12H,4-6H2,1-3H3,(H2,9,10). The van der Waals surface area contributed by atoms with Crippen LogP contribution >= 0.6 is 0 Å². The van der Waals surface area contributed by atoms with E-state index in [1.807, 2.05) is 11.8 Å². The predicted molar refractivity (Wildman–Crippen MR) is 59.8 cm³/mol. The van der Waals surface area contributed by atoms with Crippen LogP contribution in [0, 0.1) is 0 Å². The van der Waals surface area contributed by atoms with Gasteiger partial charge in [0.2, 0.25) is 0 Å². The molecule has 0 saturated carbocycles. The van der Waals surface area contributed by atoms with Gasteiger partial charge in [-0.25, -0.2) is 8.42 Å². The Morgan fingerprint density at radius 2 is 2.13 bits per heavy atom. The molecule has 1 unspecified atom stereocenters. The Hall–Kier alpha value is -0.820. The summed E-state index contributed by atoms with van der Waals surface area (Å²) in [5, 5.41) is 11.2. The molecule has 0 spiro atoms. The Morgan fingerprint density at radius 3 is 2.53 bits per heavy atom. The first kappa shape index (κ1) is 14.2. The first-order valence-electron chi connectivity index (χ1n) is 4.60. The van der Waals surface area contributed by atoms with E-state index < -0.39 is 9.84 Å². The highest BCUT2D eigenvalue weighted by Gasteiger charge is 2.13. The van der Waals surface area contributed by atoms with E-state index in [0.717, 1.165) is 0 Å². The maximum Gasteiger partial charge on any atom is 0.148 e. The molecule has 6 nitrogen and oxygen atoms in total. The van der Waals surface area contributed by atoms with Crippen molar-refractivity contribution in [2.24, 2.45) is 10.9 Å². The minimum Gasteiger partial charge on any atom is -0.409 e.